The van der Waals surface area contributed by atoms with Gasteiger partial charge in [-0.1, -0.05) is 6.42 Å². The molecule has 2 aromatic heterocycles. The number of fused-ring (bicyclic) bond motifs is 1. The summed E-state index contributed by atoms with van der Waals surface area (Å²) < 4.78 is 56.0. The summed E-state index contributed by atoms with van der Waals surface area (Å²) in [5.74, 6) is -1.18. The second-order valence-electron chi connectivity index (χ2n) is 8.80. The molecule has 3 aromatic rings. The second kappa shape index (κ2) is 10.4. The van der Waals surface area contributed by atoms with E-state index in [-0.39, 0.29) is 46.6 Å². The highest BCUT2D eigenvalue weighted by Gasteiger charge is 2.37. The topological polar surface area (TPSA) is 130 Å². The van der Waals surface area contributed by atoms with Gasteiger partial charge in [-0.2, -0.15) is 13.2 Å². The zero-order valence-corrected chi connectivity index (χ0v) is 20.5. The maximum Gasteiger partial charge on any atom is 0.433 e. The molecule has 12 heteroatoms. The van der Waals surface area contributed by atoms with Gasteiger partial charge < -0.3 is 24.9 Å². The number of nitrogens with zero attached hydrogens (tertiary/aromatic N) is 2. The van der Waals surface area contributed by atoms with Crippen LogP contribution in [-0.2, 0) is 15.7 Å². The van der Waals surface area contributed by atoms with Crippen LogP contribution in [0.15, 0.2) is 28.7 Å². The number of pyridine rings is 1. The average molecular weight is 521 g/mol. The van der Waals surface area contributed by atoms with Crippen molar-refractivity contribution in [2.24, 2.45) is 11.7 Å². The Morgan fingerprint density at radius 1 is 1.22 bits per heavy atom. The number of alkyl halides is 3. The van der Waals surface area contributed by atoms with Crippen molar-refractivity contribution in [2.45, 2.75) is 51.4 Å². The fourth-order valence-corrected chi connectivity index (χ4v) is 4.52. The van der Waals surface area contributed by atoms with E-state index in [1.54, 1.807) is 19.9 Å². The number of benzene rings is 1. The Morgan fingerprint density at radius 3 is 2.62 bits per heavy atom. The molecule has 0 aliphatic heterocycles. The van der Waals surface area contributed by atoms with Gasteiger partial charge >= 0.3 is 12.1 Å². The van der Waals surface area contributed by atoms with E-state index >= 15 is 0 Å². The highest BCUT2D eigenvalue weighted by atomic mass is 19.4. The number of nitrogens with two attached hydrogens (primary N) is 1. The third-order valence-electron chi connectivity index (χ3n) is 6.26. The normalized spacial score (nSPS) is 18.6. The summed E-state index contributed by atoms with van der Waals surface area (Å²) in [6.45, 7) is 3.57. The van der Waals surface area contributed by atoms with E-state index in [1.165, 1.54) is 19.2 Å². The molecule has 37 heavy (non-hydrogen) atoms. The van der Waals surface area contributed by atoms with Crippen LogP contribution in [-0.4, -0.2) is 41.6 Å². The molecular formula is C25H27F3N4O5. The number of esters is 1. The molecule has 0 saturated heterocycles. The van der Waals surface area contributed by atoms with E-state index in [2.05, 4.69) is 15.3 Å². The van der Waals surface area contributed by atoms with Crippen molar-refractivity contribution in [3.8, 4) is 17.2 Å². The van der Waals surface area contributed by atoms with Crippen molar-refractivity contribution < 1.29 is 36.7 Å². The maximum atomic E-state index is 13.3. The monoisotopic (exact) mass is 520 g/mol. The highest BCUT2D eigenvalue weighted by molar-refractivity contribution is 5.98. The highest BCUT2D eigenvalue weighted by Crippen LogP contribution is 2.37. The minimum Gasteiger partial charge on any atom is -0.494 e. The number of rotatable bonds is 7. The van der Waals surface area contributed by atoms with Crippen LogP contribution in [0.1, 0.15) is 61.1 Å². The molecule has 1 fully saturated rings. The van der Waals surface area contributed by atoms with Crippen molar-refractivity contribution in [3.63, 3.8) is 0 Å². The Hall–Kier alpha value is -3.67. The number of ether oxygens (including phenoxy) is 2. The minimum atomic E-state index is -4.65. The third kappa shape index (κ3) is 5.24. The van der Waals surface area contributed by atoms with Gasteiger partial charge in [0.15, 0.2) is 11.5 Å². The molecule has 198 valence electrons. The Morgan fingerprint density at radius 2 is 1.97 bits per heavy atom. The van der Waals surface area contributed by atoms with Gasteiger partial charge in [0.05, 0.1) is 25.7 Å². The molecule has 1 aliphatic rings. The lowest BCUT2D eigenvalue weighted by Crippen LogP contribution is -2.41. The number of halogens is 3. The van der Waals surface area contributed by atoms with Crippen LogP contribution in [0.25, 0.3) is 22.4 Å². The summed E-state index contributed by atoms with van der Waals surface area (Å²) in [5.41, 5.74) is 5.18. The van der Waals surface area contributed by atoms with Crippen molar-refractivity contribution in [1.29, 1.82) is 0 Å². The van der Waals surface area contributed by atoms with Gasteiger partial charge in [-0.3, -0.25) is 9.59 Å². The summed E-state index contributed by atoms with van der Waals surface area (Å²) >= 11 is 0. The van der Waals surface area contributed by atoms with Crippen molar-refractivity contribution in [3.05, 3.63) is 41.4 Å². The van der Waals surface area contributed by atoms with Gasteiger partial charge in [-0.15, -0.1) is 0 Å². The predicted octanol–water partition coefficient (Wildman–Crippen LogP) is 4.40. The van der Waals surface area contributed by atoms with Crippen LogP contribution in [0.3, 0.4) is 0 Å². The van der Waals surface area contributed by atoms with E-state index in [9.17, 15) is 22.8 Å². The molecule has 1 aliphatic carbocycles. The van der Waals surface area contributed by atoms with E-state index in [4.69, 9.17) is 19.6 Å². The van der Waals surface area contributed by atoms with Crippen LogP contribution in [0, 0.1) is 5.92 Å². The molecule has 3 atom stereocenters. The maximum absolute atomic E-state index is 13.3. The number of methoxy groups -OCH3 is 1. The number of amides is 1. The van der Waals surface area contributed by atoms with E-state index in [0.29, 0.717) is 18.4 Å². The Balaban J connectivity index is 1.72. The molecule has 1 aromatic carbocycles. The lowest BCUT2D eigenvalue weighted by atomic mass is 10.0. The number of hydrogen-bond acceptors (Lipinski definition) is 8. The summed E-state index contributed by atoms with van der Waals surface area (Å²) in [6.07, 6.45) is -2.70. The minimum absolute atomic E-state index is 0.0139. The quantitative estimate of drug-likeness (QED) is 0.439. The SMILES string of the molecule is CCOC(=O)[C@@H]1CCC[C@H]1NC(=O)c1nc(-c2ccc(OC)c3nc(C(F)(F)F)ccc23)oc1[C@H](C)N. The molecule has 0 bridgehead atoms. The molecule has 3 N–H and O–H groups in total. The first-order valence-corrected chi connectivity index (χ1v) is 11.8. The van der Waals surface area contributed by atoms with E-state index in [1.807, 2.05) is 0 Å². The van der Waals surface area contributed by atoms with Crippen LogP contribution in [0.5, 0.6) is 5.75 Å². The van der Waals surface area contributed by atoms with Crippen molar-refractivity contribution in [2.75, 3.05) is 13.7 Å². The number of hydrogen-bond donors (Lipinski definition) is 2. The second-order valence-corrected chi connectivity index (χ2v) is 8.80. The first-order chi connectivity index (χ1) is 17.5. The van der Waals surface area contributed by atoms with Crippen LogP contribution < -0.4 is 15.8 Å². The van der Waals surface area contributed by atoms with Gasteiger partial charge in [-0.25, -0.2) is 9.97 Å². The molecule has 2 heterocycles. The number of nitrogens with one attached hydrogen (secondary N) is 1. The van der Waals surface area contributed by atoms with Gasteiger partial charge in [0.1, 0.15) is 17.0 Å². The van der Waals surface area contributed by atoms with Crippen molar-refractivity contribution in [1.82, 2.24) is 15.3 Å². The molecular weight excluding hydrogens is 493 g/mol. The molecule has 1 amide bonds. The average Bonchev–Trinajstić information content (AvgIpc) is 3.50. The summed E-state index contributed by atoms with van der Waals surface area (Å²) in [6, 6.07) is 3.96. The largest absolute Gasteiger partial charge is 0.494 e. The molecule has 0 spiro atoms. The first kappa shape index (κ1) is 26.4. The Bertz CT molecular complexity index is 1320. The molecule has 4 rings (SSSR count). The predicted molar refractivity (Wildman–Crippen MR) is 127 cm³/mol. The number of carbonyl (C=O) groups excluding carboxylic acids is 2. The van der Waals surface area contributed by atoms with Crippen LogP contribution in [0.4, 0.5) is 13.2 Å². The van der Waals surface area contributed by atoms with E-state index < -0.39 is 35.8 Å². The lowest BCUT2D eigenvalue weighted by Gasteiger charge is -2.19. The Kier molecular flexibility index (Phi) is 7.39. The molecule has 1 saturated carbocycles. The fourth-order valence-electron chi connectivity index (χ4n) is 4.52. The van der Waals surface area contributed by atoms with Crippen molar-refractivity contribution >= 4 is 22.8 Å². The number of carbonyl (C=O) groups is 2. The van der Waals surface area contributed by atoms with Gasteiger partial charge in [0.25, 0.3) is 5.91 Å². The third-order valence-corrected chi connectivity index (χ3v) is 6.26. The fraction of sp³-hybridized carbons (Fsp3) is 0.440. The van der Waals surface area contributed by atoms with Gasteiger partial charge in [0.2, 0.25) is 5.89 Å². The smallest absolute Gasteiger partial charge is 0.433 e. The summed E-state index contributed by atoms with van der Waals surface area (Å²) in [7, 11) is 1.32. The zero-order chi connectivity index (χ0) is 26.9. The van der Waals surface area contributed by atoms with Gasteiger partial charge in [-0.05, 0) is 51.0 Å². The number of aromatic nitrogens is 2. The first-order valence-electron chi connectivity index (χ1n) is 11.8. The number of oxazole rings is 1. The van der Waals surface area contributed by atoms with E-state index in [0.717, 1.165) is 12.5 Å². The molecule has 0 unspecified atom stereocenters. The zero-order valence-electron chi connectivity index (χ0n) is 20.5. The summed E-state index contributed by atoms with van der Waals surface area (Å²) in [4.78, 5) is 33.6. The van der Waals surface area contributed by atoms with Crippen LogP contribution >= 0.6 is 0 Å². The molecule has 9 nitrogen and oxygen atoms in total. The van der Waals surface area contributed by atoms with Gasteiger partial charge in [0, 0.05) is 17.0 Å². The Labute approximate surface area is 210 Å². The molecule has 0 radical (unpaired) electrons. The summed E-state index contributed by atoms with van der Waals surface area (Å²) in [5, 5.41) is 3.14. The standard InChI is InChI=1S/C25H27F3N4O5/c1-4-36-24(34)15-6-5-7-16(15)30-22(33)20-21(12(2)29)37-23(32-20)14-8-10-17(35-3)19-13(14)9-11-18(31-19)25(26,27)28/h8-12,15-16H,4-7,29H2,1-3H3,(H,30,33)/t12-,15+,16+/m0/s1. The van der Waals surface area contributed by atoms with Crippen LogP contribution in [0.2, 0.25) is 0 Å². The lowest BCUT2D eigenvalue weighted by molar-refractivity contribution is -0.148.